The topological polar surface area (TPSA) is 318 Å². The molecule has 4 heterocycles. The van der Waals surface area contributed by atoms with Crippen LogP contribution < -0.4 is 11.5 Å². The van der Waals surface area contributed by atoms with E-state index >= 15 is 0 Å². The number of thiazole rings is 1. The number of hydrogen-bond donors (Lipinski definition) is 8. The number of pyridine rings is 1. The van der Waals surface area contributed by atoms with Gasteiger partial charge in [0.25, 0.3) is 0 Å². The van der Waals surface area contributed by atoms with Gasteiger partial charge >= 0.3 is 12.1 Å². The number of fused-ring (bicyclic) bond motifs is 3. The molecule has 2 fully saturated rings. The SMILES string of the molecule is CC(c1ccc(C(F)(F)F)nc1)S(C)(=O)=NC#N.C[C@H]1O[C@H](OC2[C@@H](O)[C@@H](O)C(O)[C@H](O)[C@H]2O)[C@@H](N)C[C@@H]1N=C(N)C(=O)O.Cc1cccc2sc3nncn3c12.Cl. The number of carbonyl (C=O) groups is 1. The zero-order valence-electron chi connectivity index (χ0n) is 31.1. The third-order valence-electron chi connectivity index (χ3n) is 9.23. The van der Waals surface area contributed by atoms with Crippen molar-refractivity contribution in [1.29, 1.82) is 5.26 Å². The molecular weight excluding hydrogens is 839 g/mol. The minimum absolute atomic E-state index is 0. The lowest BCUT2D eigenvalue weighted by Gasteiger charge is -2.45. The average Bonchev–Trinajstić information content (AvgIpc) is 3.75. The van der Waals surface area contributed by atoms with Crippen LogP contribution in [0, 0.1) is 18.4 Å². The largest absolute Gasteiger partial charge is 0.475 e. The van der Waals surface area contributed by atoms with Gasteiger partial charge in [-0.15, -0.1) is 27.0 Å². The molecule has 4 unspecified atom stereocenters. The van der Waals surface area contributed by atoms with Crippen LogP contribution in [0.15, 0.2) is 52.2 Å². The van der Waals surface area contributed by atoms with Gasteiger partial charge in [-0.3, -0.25) is 14.4 Å². The number of ether oxygens (including phenoxy) is 2. The van der Waals surface area contributed by atoms with E-state index in [-0.39, 0.29) is 18.8 Å². The Labute approximate surface area is 339 Å². The molecule has 58 heavy (non-hydrogen) atoms. The summed E-state index contributed by atoms with van der Waals surface area (Å²) >= 11 is 1.67. The molecule has 10 N–H and O–H groups in total. The van der Waals surface area contributed by atoms with Crippen LogP contribution in [0.25, 0.3) is 15.2 Å². The summed E-state index contributed by atoms with van der Waals surface area (Å²) in [5.41, 5.74) is 13.1. The molecule has 1 aliphatic heterocycles. The molecule has 6 rings (SSSR count). The predicted octanol–water partition coefficient (Wildman–Crippen LogP) is 0.877. The Kier molecular flexibility index (Phi) is 16.4. The maximum Gasteiger partial charge on any atom is 0.433 e. The van der Waals surface area contributed by atoms with Gasteiger partial charge in [-0.2, -0.15) is 18.4 Å². The van der Waals surface area contributed by atoms with Gasteiger partial charge < -0.3 is 51.6 Å². The number of benzene rings is 1. The number of amidine groups is 1. The number of nitrogens with zero attached hydrogens (tertiary/aromatic N) is 7. The molecule has 1 aliphatic carbocycles. The number of nitriles is 1. The molecule has 0 amide bonds. The standard InChI is InChI=1S/C14H25N3O9.C10H10F3N3OS.C9H7N3S.ClH/c1-3-5(17-12(16)13(23)24)2-4(15)14(25-3)26-11-9(21)7(19)6(18)8(20)10(11)22;1-7(18(2,17)16-6-14)8-3-4-9(15-5-8)10(11,12)13;1-6-3-2-4-7-8(6)12-5-10-11-9(12)13-7;/h3-11,14,18-22H,2,15H2,1H3,(H2,16,17)(H,23,24);3-5,7H,1-2H3;2-5H,1H3;1H/t3-,4+,5+,6?,7+,8+,9-,10+,11?,14-;;;/m1.../s1. The van der Waals surface area contributed by atoms with Crippen molar-refractivity contribution in [3.05, 3.63) is 59.7 Å². The number of aliphatic carboxylic acids is 1. The Bertz CT molecular complexity index is 2200. The van der Waals surface area contributed by atoms with E-state index < -0.39 is 99.8 Å². The highest BCUT2D eigenvalue weighted by molar-refractivity contribution is 7.93. The first-order valence-electron chi connectivity index (χ1n) is 16.9. The summed E-state index contributed by atoms with van der Waals surface area (Å²) in [4.78, 5) is 18.8. The van der Waals surface area contributed by atoms with Crippen LogP contribution in [0.2, 0.25) is 0 Å². The molecule has 1 saturated heterocycles. The van der Waals surface area contributed by atoms with Crippen LogP contribution in [-0.2, 0) is 30.2 Å². The summed E-state index contributed by atoms with van der Waals surface area (Å²) in [5, 5.41) is 73.4. The Morgan fingerprint density at radius 3 is 2.31 bits per heavy atom. The number of para-hydroxylation sites is 1. The molecule has 2 aliphatic rings. The number of hydrogen-bond acceptors (Lipinski definition) is 17. The highest BCUT2D eigenvalue weighted by Crippen LogP contribution is 2.31. The van der Waals surface area contributed by atoms with Crippen molar-refractivity contribution in [2.45, 2.75) is 99.7 Å². The zero-order chi connectivity index (χ0) is 42.6. The van der Waals surface area contributed by atoms with Gasteiger partial charge in [-0.1, -0.05) is 29.5 Å². The van der Waals surface area contributed by atoms with Crippen LogP contribution in [-0.4, -0.2) is 134 Å². The number of alkyl halides is 3. The van der Waals surface area contributed by atoms with Crippen molar-refractivity contribution in [1.82, 2.24) is 19.6 Å². The van der Waals surface area contributed by atoms with Gasteiger partial charge in [-0.05, 0) is 50.5 Å². The Morgan fingerprint density at radius 2 is 1.76 bits per heavy atom. The van der Waals surface area contributed by atoms with Gasteiger partial charge in [0.05, 0.1) is 43.4 Å². The van der Waals surface area contributed by atoms with Crippen molar-refractivity contribution in [2.75, 3.05) is 6.26 Å². The lowest BCUT2D eigenvalue weighted by atomic mass is 9.84. The minimum atomic E-state index is -4.51. The number of aliphatic imine (C=N–C) groups is 1. The van der Waals surface area contributed by atoms with E-state index in [1.807, 2.05) is 4.40 Å². The van der Waals surface area contributed by atoms with Gasteiger partial charge in [0.15, 0.2) is 6.29 Å². The molecule has 1 saturated carbocycles. The Balaban J connectivity index is 0.000000244. The fourth-order valence-electron chi connectivity index (χ4n) is 5.82. The van der Waals surface area contributed by atoms with E-state index in [2.05, 4.69) is 49.7 Å². The summed E-state index contributed by atoms with van der Waals surface area (Å²) < 4.78 is 66.4. The number of halogens is 4. The average molecular weight is 882 g/mol. The van der Waals surface area contributed by atoms with E-state index in [9.17, 15) is 47.7 Å². The first kappa shape index (κ1) is 48.2. The zero-order valence-corrected chi connectivity index (χ0v) is 33.5. The number of aromatic nitrogens is 4. The number of rotatable bonds is 5. The first-order chi connectivity index (χ1) is 26.6. The monoisotopic (exact) mass is 881 g/mol. The highest BCUT2D eigenvalue weighted by atomic mass is 35.5. The number of aliphatic hydroxyl groups is 5. The molecule has 0 spiro atoms. The highest BCUT2D eigenvalue weighted by Gasteiger charge is 2.51. The number of aryl methyl sites for hydroxylation is 1. The second-order valence-electron chi connectivity index (χ2n) is 13.2. The van der Waals surface area contributed by atoms with Crippen molar-refractivity contribution in [3.63, 3.8) is 0 Å². The quantitative estimate of drug-likeness (QED) is 0.0784. The normalized spacial score (nSPS) is 29.0. The summed E-state index contributed by atoms with van der Waals surface area (Å²) in [5.74, 6) is -1.96. The number of aliphatic hydroxyl groups excluding tert-OH is 5. The molecule has 19 nitrogen and oxygen atoms in total. The van der Waals surface area contributed by atoms with Gasteiger partial charge in [0.2, 0.25) is 17.0 Å². The third kappa shape index (κ3) is 11.1. The second-order valence-corrected chi connectivity index (χ2v) is 16.8. The minimum Gasteiger partial charge on any atom is -0.475 e. The fourth-order valence-corrected chi connectivity index (χ4v) is 7.81. The van der Waals surface area contributed by atoms with Crippen molar-refractivity contribution < 1.29 is 62.3 Å². The lowest BCUT2D eigenvalue weighted by molar-refractivity contribution is -0.293. The van der Waals surface area contributed by atoms with Gasteiger partial charge in [0.1, 0.15) is 48.6 Å². The lowest BCUT2D eigenvalue weighted by Crippen LogP contribution is -2.66. The predicted molar refractivity (Wildman–Crippen MR) is 205 cm³/mol. The molecule has 4 aromatic rings. The molecule has 1 aromatic carbocycles. The van der Waals surface area contributed by atoms with E-state index in [1.54, 1.807) is 24.6 Å². The van der Waals surface area contributed by atoms with Crippen molar-refractivity contribution >= 4 is 60.5 Å². The second kappa shape index (κ2) is 19.7. The van der Waals surface area contributed by atoms with E-state index in [0.717, 1.165) is 17.2 Å². The van der Waals surface area contributed by atoms with Crippen molar-refractivity contribution in [2.24, 2.45) is 20.8 Å². The molecule has 320 valence electrons. The number of carboxylic acids is 1. The van der Waals surface area contributed by atoms with Crippen molar-refractivity contribution in [3.8, 4) is 6.19 Å². The van der Waals surface area contributed by atoms with Gasteiger partial charge in [-0.25, -0.2) is 9.00 Å². The Morgan fingerprint density at radius 1 is 1.14 bits per heavy atom. The summed E-state index contributed by atoms with van der Waals surface area (Å²) in [6.45, 7) is 5.22. The van der Waals surface area contributed by atoms with Crippen LogP contribution in [0.4, 0.5) is 13.2 Å². The molecule has 3 aromatic heterocycles. The van der Waals surface area contributed by atoms with E-state index in [4.69, 9.17) is 31.3 Å². The molecule has 0 radical (unpaired) electrons. The van der Waals surface area contributed by atoms with Crippen LogP contribution in [0.3, 0.4) is 0 Å². The number of carboxylic acid groups (broad SMARTS) is 1. The third-order valence-corrected chi connectivity index (χ3v) is 12.3. The maximum atomic E-state index is 12.3. The smallest absolute Gasteiger partial charge is 0.433 e. The summed E-state index contributed by atoms with van der Waals surface area (Å²) in [6.07, 6.45) is -10.7. The molecule has 12 atom stereocenters. The van der Waals surface area contributed by atoms with E-state index in [1.165, 1.54) is 41.2 Å². The first-order valence-corrected chi connectivity index (χ1v) is 19.7. The molecule has 25 heteroatoms. The maximum absolute atomic E-state index is 12.3. The fraction of sp³-hybridized carbons (Fsp3) is 0.515. The summed E-state index contributed by atoms with van der Waals surface area (Å²) in [7, 11) is -2.82. The van der Waals surface area contributed by atoms with Gasteiger partial charge in [0, 0.05) is 12.5 Å². The molecular formula is C33H43ClF3N9O10S2. The van der Waals surface area contributed by atoms with Crippen LogP contribution >= 0.6 is 23.7 Å². The Hall–Kier alpha value is -4.13. The molecule has 0 bridgehead atoms. The van der Waals surface area contributed by atoms with E-state index in [0.29, 0.717) is 5.56 Å². The number of nitrogens with two attached hydrogens (primary N) is 2. The summed E-state index contributed by atoms with van der Waals surface area (Å²) in [6, 6.07) is 6.84. The van der Waals surface area contributed by atoms with Crippen LogP contribution in [0.1, 0.15) is 42.3 Å². The van der Waals surface area contributed by atoms with Crippen LogP contribution in [0.5, 0.6) is 0 Å².